The molecule has 0 aromatic heterocycles. The predicted octanol–water partition coefficient (Wildman–Crippen LogP) is 3.51. The van der Waals surface area contributed by atoms with Crippen LogP contribution in [0.2, 0.25) is 0 Å². The van der Waals surface area contributed by atoms with Gasteiger partial charge in [0.15, 0.2) is 5.78 Å². The highest BCUT2D eigenvalue weighted by Gasteiger charge is 2.11. The highest BCUT2D eigenvalue weighted by molar-refractivity contribution is 5.96. The molecule has 5 heteroatoms. The van der Waals surface area contributed by atoms with Crippen LogP contribution in [0.15, 0.2) is 54.6 Å². The number of carbonyl (C=O) groups is 2. The van der Waals surface area contributed by atoms with E-state index in [1.807, 2.05) is 42.5 Å². The monoisotopic (exact) mass is 352 g/mol. The zero-order valence-electron chi connectivity index (χ0n) is 14.8. The van der Waals surface area contributed by atoms with E-state index in [4.69, 9.17) is 4.74 Å². The predicted molar refractivity (Wildman–Crippen MR) is 103 cm³/mol. The first-order chi connectivity index (χ1) is 12.7. The van der Waals surface area contributed by atoms with Gasteiger partial charge in [0.2, 0.25) is 5.91 Å². The van der Waals surface area contributed by atoms with Gasteiger partial charge in [0.05, 0.1) is 13.2 Å². The van der Waals surface area contributed by atoms with Gasteiger partial charge in [-0.1, -0.05) is 30.3 Å². The molecule has 2 aromatic rings. The molecule has 1 aliphatic heterocycles. The summed E-state index contributed by atoms with van der Waals surface area (Å²) >= 11 is 0. The first kappa shape index (κ1) is 18.1. The summed E-state index contributed by atoms with van der Waals surface area (Å²) in [7, 11) is 0. The average Bonchev–Trinajstić information content (AvgIpc) is 2.70. The highest BCUT2D eigenvalue weighted by Crippen LogP contribution is 2.19. The minimum Gasteiger partial charge on any atom is -0.378 e. The first-order valence-corrected chi connectivity index (χ1v) is 9.03. The number of amides is 1. The molecule has 0 atom stereocenters. The lowest BCUT2D eigenvalue weighted by atomic mass is 10.1. The summed E-state index contributed by atoms with van der Waals surface area (Å²) < 4.78 is 5.36. The van der Waals surface area contributed by atoms with Gasteiger partial charge in [0.25, 0.3) is 0 Å². The van der Waals surface area contributed by atoms with Crippen molar-refractivity contribution < 1.29 is 14.3 Å². The fourth-order valence-electron chi connectivity index (χ4n) is 2.98. The van der Waals surface area contributed by atoms with Gasteiger partial charge in [-0.2, -0.15) is 0 Å². The van der Waals surface area contributed by atoms with Crippen LogP contribution in [0.3, 0.4) is 0 Å². The highest BCUT2D eigenvalue weighted by atomic mass is 16.5. The Labute approximate surface area is 154 Å². The lowest BCUT2D eigenvalue weighted by Gasteiger charge is -2.28. The van der Waals surface area contributed by atoms with E-state index in [2.05, 4.69) is 10.2 Å². The second-order valence-corrected chi connectivity index (χ2v) is 6.34. The molecule has 0 radical (unpaired) electrons. The van der Waals surface area contributed by atoms with Crippen LogP contribution in [0.1, 0.15) is 29.6 Å². The van der Waals surface area contributed by atoms with Gasteiger partial charge in [-0.15, -0.1) is 0 Å². The zero-order chi connectivity index (χ0) is 18.2. The third-order valence-corrected chi connectivity index (χ3v) is 4.43. The number of nitrogens with zero attached hydrogens (tertiary/aromatic N) is 1. The van der Waals surface area contributed by atoms with Gasteiger partial charge < -0.3 is 15.0 Å². The molecular weight excluding hydrogens is 328 g/mol. The van der Waals surface area contributed by atoms with E-state index in [0.29, 0.717) is 24.8 Å². The van der Waals surface area contributed by atoms with E-state index in [0.717, 1.165) is 37.7 Å². The molecule has 1 saturated heterocycles. The quantitative estimate of drug-likeness (QED) is 0.775. The van der Waals surface area contributed by atoms with Crippen LogP contribution < -0.4 is 10.2 Å². The van der Waals surface area contributed by atoms with E-state index in [9.17, 15) is 9.59 Å². The molecule has 0 aliphatic carbocycles. The Morgan fingerprint density at radius 2 is 1.62 bits per heavy atom. The van der Waals surface area contributed by atoms with Crippen LogP contribution in [0.25, 0.3) is 0 Å². The molecule has 0 bridgehead atoms. The number of hydrogen-bond acceptors (Lipinski definition) is 4. The molecule has 1 amide bonds. The fourth-order valence-corrected chi connectivity index (χ4v) is 2.98. The van der Waals surface area contributed by atoms with Crippen molar-refractivity contribution in [2.75, 3.05) is 36.5 Å². The number of anilines is 2. The number of rotatable bonds is 7. The van der Waals surface area contributed by atoms with Crippen molar-refractivity contribution in [3.05, 3.63) is 60.2 Å². The van der Waals surface area contributed by atoms with E-state index >= 15 is 0 Å². The van der Waals surface area contributed by atoms with Crippen LogP contribution in [-0.2, 0) is 9.53 Å². The summed E-state index contributed by atoms with van der Waals surface area (Å²) in [5.41, 5.74) is 2.62. The van der Waals surface area contributed by atoms with Gasteiger partial charge in [-0.05, 0) is 30.7 Å². The van der Waals surface area contributed by atoms with Crippen molar-refractivity contribution >= 4 is 23.1 Å². The molecule has 2 aromatic carbocycles. The molecule has 1 heterocycles. The van der Waals surface area contributed by atoms with Gasteiger partial charge in [-0.25, -0.2) is 0 Å². The summed E-state index contributed by atoms with van der Waals surface area (Å²) in [6, 6.07) is 17.0. The Kier molecular flexibility index (Phi) is 6.39. The summed E-state index contributed by atoms with van der Waals surface area (Å²) in [6.07, 6.45) is 1.27. The average molecular weight is 352 g/mol. The number of hydrogen-bond donors (Lipinski definition) is 1. The van der Waals surface area contributed by atoms with E-state index in [1.165, 1.54) is 0 Å². The molecule has 5 nitrogen and oxygen atoms in total. The Morgan fingerprint density at radius 3 is 2.31 bits per heavy atom. The van der Waals surface area contributed by atoms with Crippen molar-refractivity contribution in [3.8, 4) is 0 Å². The number of Topliss-reactive ketones (excluding diaryl/α,β-unsaturated/α-hetero) is 1. The summed E-state index contributed by atoms with van der Waals surface area (Å²) in [4.78, 5) is 26.4. The maximum absolute atomic E-state index is 12.1. The van der Waals surface area contributed by atoms with Crippen LogP contribution >= 0.6 is 0 Å². The molecule has 136 valence electrons. The minimum atomic E-state index is -0.0648. The molecule has 0 spiro atoms. The van der Waals surface area contributed by atoms with Gasteiger partial charge >= 0.3 is 0 Å². The smallest absolute Gasteiger partial charge is 0.224 e. The molecule has 3 rings (SSSR count). The van der Waals surface area contributed by atoms with Crippen LogP contribution in [0, 0.1) is 0 Å². The summed E-state index contributed by atoms with van der Waals surface area (Å²) in [5, 5.41) is 2.89. The Balaban J connectivity index is 1.42. The van der Waals surface area contributed by atoms with Crippen molar-refractivity contribution in [2.24, 2.45) is 0 Å². The SMILES string of the molecule is O=C(CCCC(=O)c1ccccc1)Nc1ccc(N2CCOCC2)cc1. The number of benzene rings is 2. The number of nitrogens with one attached hydrogen (secondary N) is 1. The van der Waals surface area contributed by atoms with Crippen LogP contribution in [0.5, 0.6) is 0 Å². The number of carbonyl (C=O) groups excluding carboxylic acids is 2. The van der Waals surface area contributed by atoms with Gasteiger partial charge in [0.1, 0.15) is 0 Å². The second kappa shape index (κ2) is 9.15. The van der Waals surface area contributed by atoms with Crippen molar-refractivity contribution in [3.63, 3.8) is 0 Å². The largest absolute Gasteiger partial charge is 0.378 e. The maximum atomic E-state index is 12.1. The summed E-state index contributed by atoms with van der Waals surface area (Å²) in [6.45, 7) is 3.28. The molecule has 1 fully saturated rings. The third kappa shape index (κ3) is 5.17. The number of morpholine rings is 1. The Morgan fingerprint density at radius 1 is 0.923 bits per heavy atom. The molecule has 0 unspecified atom stereocenters. The van der Waals surface area contributed by atoms with Gasteiger partial charge in [-0.3, -0.25) is 9.59 Å². The van der Waals surface area contributed by atoms with Crippen molar-refractivity contribution in [1.29, 1.82) is 0 Å². The van der Waals surface area contributed by atoms with Crippen molar-refractivity contribution in [1.82, 2.24) is 0 Å². The Bertz CT molecular complexity index is 723. The Hall–Kier alpha value is -2.66. The van der Waals surface area contributed by atoms with E-state index in [-0.39, 0.29) is 11.7 Å². The second-order valence-electron chi connectivity index (χ2n) is 6.34. The molecule has 1 aliphatic rings. The topological polar surface area (TPSA) is 58.6 Å². The first-order valence-electron chi connectivity index (χ1n) is 9.03. The lowest BCUT2D eigenvalue weighted by molar-refractivity contribution is -0.116. The van der Waals surface area contributed by atoms with Crippen molar-refractivity contribution in [2.45, 2.75) is 19.3 Å². The van der Waals surface area contributed by atoms with Crippen LogP contribution in [-0.4, -0.2) is 38.0 Å². The van der Waals surface area contributed by atoms with E-state index in [1.54, 1.807) is 12.1 Å². The minimum absolute atomic E-state index is 0.0648. The van der Waals surface area contributed by atoms with Gasteiger partial charge in [0, 0.05) is 42.9 Å². The fraction of sp³-hybridized carbons (Fsp3) is 0.333. The molecule has 26 heavy (non-hydrogen) atoms. The summed E-state index contributed by atoms with van der Waals surface area (Å²) in [5.74, 6) is 0.0123. The van der Waals surface area contributed by atoms with E-state index < -0.39 is 0 Å². The maximum Gasteiger partial charge on any atom is 0.224 e. The number of ether oxygens (including phenoxy) is 1. The third-order valence-electron chi connectivity index (χ3n) is 4.43. The molecule has 1 N–H and O–H groups in total. The molecule has 0 saturated carbocycles. The van der Waals surface area contributed by atoms with Crippen LogP contribution in [0.4, 0.5) is 11.4 Å². The lowest BCUT2D eigenvalue weighted by Crippen LogP contribution is -2.36. The normalized spacial score (nSPS) is 14.1. The zero-order valence-corrected chi connectivity index (χ0v) is 14.8. The number of ketones is 1. The standard InChI is InChI=1S/C21H24N2O3/c24-20(17-5-2-1-3-6-17)7-4-8-21(25)22-18-9-11-19(12-10-18)23-13-15-26-16-14-23/h1-3,5-6,9-12H,4,7-8,13-16H2,(H,22,25). The molecular formula is C21H24N2O3.